The third-order valence-corrected chi connectivity index (χ3v) is 4.55. The largest absolute Gasteiger partial charge is 0.320 e. The quantitative estimate of drug-likeness (QED) is 0.846. The first-order valence-corrected chi connectivity index (χ1v) is 7.70. The fraction of sp³-hybridized carbons (Fsp3) is 0.400. The summed E-state index contributed by atoms with van der Waals surface area (Å²) >= 11 is 1.44. The number of carbonyl (C=O) groups is 1. The van der Waals surface area contributed by atoms with Gasteiger partial charge >= 0.3 is 0 Å². The Labute approximate surface area is 118 Å². The van der Waals surface area contributed by atoms with Gasteiger partial charge in [0.05, 0.1) is 6.67 Å². The maximum absolute atomic E-state index is 11.6. The van der Waals surface area contributed by atoms with Crippen molar-refractivity contribution in [1.29, 1.82) is 0 Å². The van der Waals surface area contributed by atoms with Gasteiger partial charge in [0.15, 0.2) is 0 Å². The van der Waals surface area contributed by atoms with Crippen LogP contribution in [0.2, 0.25) is 0 Å². The molecule has 1 aromatic rings. The SMILES string of the molecule is O=C1SCCN1CN1CC=C(c2ccccc2)CC1. The van der Waals surface area contributed by atoms with Gasteiger partial charge in [-0.25, -0.2) is 0 Å². The Morgan fingerprint density at radius 2 is 2.00 bits per heavy atom. The Morgan fingerprint density at radius 3 is 2.63 bits per heavy atom. The first-order chi connectivity index (χ1) is 9.33. The Hall–Kier alpha value is -1.26. The van der Waals surface area contributed by atoms with Gasteiger partial charge in [-0.15, -0.1) is 0 Å². The van der Waals surface area contributed by atoms with E-state index < -0.39 is 0 Å². The fourth-order valence-corrected chi connectivity index (χ4v) is 3.37. The minimum Gasteiger partial charge on any atom is -0.320 e. The molecule has 0 radical (unpaired) electrons. The van der Waals surface area contributed by atoms with Crippen molar-refractivity contribution in [3.63, 3.8) is 0 Å². The smallest absolute Gasteiger partial charge is 0.282 e. The van der Waals surface area contributed by atoms with Crippen LogP contribution in [0.25, 0.3) is 5.57 Å². The van der Waals surface area contributed by atoms with Crippen molar-refractivity contribution >= 4 is 22.6 Å². The third kappa shape index (κ3) is 3.01. The van der Waals surface area contributed by atoms with E-state index in [2.05, 4.69) is 41.3 Å². The van der Waals surface area contributed by atoms with Crippen LogP contribution in [0.5, 0.6) is 0 Å². The molecule has 2 aliphatic rings. The zero-order valence-corrected chi connectivity index (χ0v) is 11.7. The van der Waals surface area contributed by atoms with Crippen molar-refractivity contribution in [1.82, 2.24) is 9.80 Å². The highest BCUT2D eigenvalue weighted by Gasteiger charge is 2.23. The fourth-order valence-electron chi connectivity index (χ4n) is 2.55. The van der Waals surface area contributed by atoms with E-state index in [4.69, 9.17) is 0 Å². The number of benzene rings is 1. The standard InChI is InChI=1S/C15H18N2OS/c18-15-17(10-11-19-15)12-16-8-6-14(7-9-16)13-4-2-1-3-5-13/h1-6H,7-12H2. The lowest BCUT2D eigenvalue weighted by Gasteiger charge is -2.30. The van der Waals surface area contributed by atoms with Gasteiger partial charge in [-0.05, 0) is 17.6 Å². The molecule has 3 nitrogen and oxygen atoms in total. The summed E-state index contributed by atoms with van der Waals surface area (Å²) in [5.41, 5.74) is 2.76. The van der Waals surface area contributed by atoms with Crippen molar-refractivity contribution in [2.45, 2.75) is 6.42 Å². The van der Waals surface area contributed by atoms with Crippen LogP contribution in [0.1, 0.15) is 12.0 Å². The first kappa shape index (κ1) is 12.8. The van der Waals surface area contributed by atoms with Crippen LogP contribution in [0.3, 0.4) is 0 Å². The van der Waals surface area contributed by atoms with Crippen LogP contribution in [-0.4, -0.2) is 47.1 Å². The van der Waals surface area contributed by atoms with Gasteiger partial charge in [-0.2, -0.15) is 0 Å². The van der Waals surface area contributed by atoms with Crippen LogP contribution in [0, 0.1) is 0 Å². The molecule has 0 N–H and O–H groups in total. The van der Waals surface area contributed by atoms with Crippen LogP contribution in [0.4, 0.5) is 4.79 Å². The Balaban J connectivity index is 1.59. The predicted octanol–water partition coefficient (Wildman–Crippen LogP) is 2.90. The highest BCUT2D eigenvalue weighted by atomic mass is 32.2. The molecule has 0 aliphatic carbocycles. The normalized spacial score (nSPS) is 20.7. The molecule has 4 heteroatoms. The summed E-state index contributed by atoms with van der Waals surface area (Å²) in [5.74, 6) is 0.942. The molecule has 19 heavy (non-hydrogen) atoms. The molecular weight excluding hydrogens is 256 g/mol. The molecule has 0 atom stereocenters. The monoisotopic (exact) mass is 274 g/mol. The minimum atomic E-state index is 0.234. The molecule has 2 heterocycles. The van der Waals surface area contributed by atoms with Gasteiger partial charge in [0.1, 0.15) is 0 Å². The zero-order chi connectivity index (χ0) is 13.1. The van der Waals surface area contributed by atoms with Crippen molar-refractivity contribution in [2.24, 2.45) is 0 Å². The average molecular weight is 274 g/mol. The molecule has 0 spiro atoms. The number of amides is 1. The van der Waals surface area contributed by atoms with Gasteiger partial charge in [0, 0.05) is 25.4 Å². The summed E-state index contributed by atoms with van der Waals surface area (Å²) in [7, 11) is 0. The molecule has 2 aliphatic heterocycles. The molecule has 0 aromatic heterocycles. The second kappa shape index (κ2) is 5.80. The van der Waals surface area contributed by atoms with Crippen molar-refractivity contribution in [3.05, 3.63) is 42.0 Å². The van der Waals surface area contributed by atoms with Crippen LogP contribution in [0.15, 0.2) is 36.4 Å². The maximum Gasteiger partial charge on any atom is 0.282 e. The lowest BCUT2D eigenvalue weighted by Crippen LogP contribution is -2.40. The molecule has 0 unspecified atom stereocenters. The highest BCUT2D eigenvalue weighted by Crippen LogP contribution is 2.23. The maximum atomic E-state index is 11.6. The van der Waals surface area contributed by atoms with E-state index in [1.54, 1.807) is 0 Å². The summed E-state index contributed by atoms with van der Waals surface area (Å²) in [4.78, 5) is 15.9. The van der Waals surface area contributed by atoms with Crippen molar-refractivity contribution in [3.8, 4) is 0 Å². The topological polar surface area (TPSA) is 23.6 Å². The summed E-state index contributed by atoms with van der Waals surface area (Å²) < 4.78 is 0. The van der Waals surface area contributed by atoms with E-state index in [-0.39, 0.29) is 5.24 Å². The average Bonchev–Trinajstić information content (AvgIpc) is 2.86. The van der Waals surface area contributed by atoms with Crippen molar-refractivity contribution < 1.29 is 4.79 Å². The summed E-state index contributed by atoms with van der Waals surface area (Å²) in [6.45, 7) is 3.66. The molecule has 1 aromatic carbocycles. The molecule has 100 valence electrons. The number of hydrogen-bond donors (Lipinski definition) is 0. The first-order valence-electron chi connectivity index (χ1n) is 6.71. The second-order valence-electron chi connectivity index (χ2n) is 4.94. The molecule has 1 saturated heterocycles. The third-order valence-electron chi connectivity index (χ3n) is 3.65. The summed E-state index contributed by atoms with van der Waals surface area (Å²) in [6.07, 6.45) is 3.37. The van der Waals surface area contributed by atoms with E-state index in [9.17, 15) is 4.79 Å². The van der Waals surface area contributed by atoms with E-state index in [0.29, 0.717) is 0 Å². The predicted molar refractivity (Wildman–Crippen MR) is 80.0 cm³/mol. The van der Waals surface area contributed by atoms with Crippen LogP contribution >= 0.6 is 11.8 Å². The molecule has 1 fully saturated rings. The molecular formula is C15H18N2OS. The zero-order valence-electron chi connectivity index (χ0n) is 10.9. The Kier molecular flexibility index (Phi) is 3.89. The van der Waals surface area contributed by atoms with Gasteiger partial charge in [-0.3, -0.25) is 9.69 Å². The van der Waals surface area contributed by atoms with E-state index >= 15 is 0 Å². The van der Waals surface area contributed by atoms with E-state index in [1.807, 2.05) is 4.90 Å². The summed E-state index contributed by atoms with van der Waals surface area (Å²) in [6, 6.07) is 10.6. The molecule has 0 saturated carbocycles. The van der Waals surface area contributed by atoms with Gasteiger partial charge < -0.3 is 4.90 Å². The Morgan fingerprint density at radius 1 is 1.16 bits per heavy atom. The van der Waals surface area contributed by atoms with E-state index in [0.717, 1.165) is 38.5 Å². The number of carbonyl (C=O) groups excluding carboxylic acids is 1. The van der Waals surface area contributed by atoms with Crippen LogP contribution in [-0.2, 0) is 0 Å². The number of rotatable bonds is 3. The molecule has 3 rings (SSSR count). The lowest BCUT2D eigenvalue weighted by atomic mass is 10.00. The summed E-state index contributed by atoms with van der Waals surface area (Å²) in [5, 5.41) is 0.234. The van der Waals surface area contributed by atoms with Gasteiger partial charge in [-0.1, -0.05) is 48.2 Å². The molecule has 0 bridgehead atoms. The van der Waals surface area contributed by atoms with Crippen LogP contribution < -0.4 is 0 Å². The lowest BCUT2D eigenvalue weighted by molar-refractivity contribution is 0.171. The molecule has 1 amide bonds. The number of thioether (sulfide) groups is 1. The van der Waals surface area contributed by atoms with Gasteiger partial charge in [0.2, 0.25) is 0 Å². The second-order valence-corrected chi connectivity index (χ2v) is 5.99. The number of hydrogen-bond acceptors (Lipinski definition) is 3. The Bertz CT molecular complexity index is 486. The van der Waals surface area contributed by atoms with E-state index in [1.165, 1.54) is 22.9 Å². The highest BCUT2D eigenvalue weighted by molar-refractivity contribution is 8.13. The van der Waals surface area contributed by atoms with Crippen molar-refractivity contribution in [2.75, 3.05) is 32.1 Å². The number of nitrogens with zero attached hydrogens (tertiary/aromatic N) is 2. The minimum absolute atomic E-state index is 0.234. The van der Waals surface area contributed by atoms with Gasteiger partial charge in [0.25, 0.3) is 5.24 Å².